The number of carbonyl (C=O) groups excluding carboxylic acids is 3. The molecule has 2 aliphatic heterocycles. The molecule has 20 heteroatoms. The number of non-ortho nitro benzene ring substituents is 1. The van der Waals surface area contributed by atoms with Crippen LogP contribution in [0.3, 0.4) is 0 Å². The van der Waals surface area contributed by atoms with Crippen molar-refractivity contribution in [2.24, 2.45) is 11.7 Å². The van der Waals surface area contributed by atoms with Crippen LogP contribution in [0.2, 0.25) is 0 Å². The molecule has 4 aromatic carbocycles. The van der Waals surface area contributed by atoms with Crippen LogP contribution in [0.15, 0.2) is 84.9 Å². The number of rotatable bonds is 12. The van der Waals surface area contributed by atoms with Crippen molar-refractivity contribution in [2.75, 3.05) is 0 Å². The van der Waals surface area contributed by atoms with Crippen LogP contribution in [0.1, 0.15) is 43.0 Å². The number of carboxylic acid groups (broad SMARTS) is 1. The van der Waals surface area contributed by atoms with E-state index in [-0.39, 0.29) is 60.2 Å². The lowest BCUT2D eigenvalue weighted by molar-refractivity contribution is -0.385. The maximum absolute atomic E-state index is 14.2. The van der Waals surface area contributed by atoms with Gasteiger partial charge in [0.05, 0.1) is 21.9 Å². The van der Waals surface area contributed by atoms with E-state index in [9.17, 15) is 54.7 Å². The summed E-state index contributed by atoms with van der Waals surface area (Å²) in [6.45, 7) is 3.69. The van der Waals surface area contributed by atoms with Gasteiger partial charge in [0, 0.05) is 31.0 Å². The number of amides is 3. The van der Waals surface area contributed by atoms with Crippen LogP contribution < -0.4 is 31.2 Å². The molecule has 3 amide bonds. The van der Waals surface area contributed by atoms with Crippen molar-refractivity contribution in [2.45, 2.75) is 63.4 Å². The minimum Gasteiger partial charge on any atom is -0.502 e. The number of benzene rings is 4. The van der Waals surface area contributed by atoms with Gasteiger partial charge in [0.1, 0.15) is 17.8 Å². The number of aromatic hydroxyl groups is 1. The summed E-state index contributed by atoms with van der Waals surface area (Å²) in [6.07, 6.45) is -2.62. The summed E-state index contributed by atoms with van der Waals surface area (Å²) in [5.41, 5.74) is 5.66. The molecule has 4 bridgehead atoms. The topological polar surface area (TPSA) is 296 Å². The van der Waals surface area contributed by atoms with Crippen molar-refractivity contribution < 1.29 is 53.8 Å². The summed E-state index contributed by atoms with van der Waals surface area (Å²) in [6, 6.07) is 12.9. The Morgan fingerprint density at radius 3 is 2.24 bits per heavy atom. The Labute approximate surface area is 342 Å². The smallest absolute Gasteiger partial charge is 0.335 e. The first kappa shape index (κ1) is 44.9. The van der Waals surface area contributed by atoms with Crippen LogP contribution in [0, 0.1) is 26.1 Å². The van der Waals surface area contributed by atoms with Gasteiger partial charge >= 0.3 is 11.7 Å². The molecule has 0 aromatic heterocycles. The highest BCUT2D eigenvalue weighted by Gasteiger charge is 2.36. The summed E-state index contributed by atoms with van der Waals surface area (Å²) in [4.78, 5) is 76.0. The average Bonchev–Trinajstić information content (AvgIpc) is 3.17. The van der Waals surface area contributed by atoms with E-state index < -0.39 is 92.5 Å². The minimum atomic E-state index is -2.39. The first-order valence-electron chi connectivity index (χ1n) is 17.9. The van der Waals surface area contributed by atoms with Gasteiger partial charge in [0.25, 0.3) is 5.69 Å². The maximum Gasteiger partial charge on any atom is 0.335 e. The molecule has 0 saturated heterocycles. The highest BCUT2D eigenvalue weighted by molar-refractivity contribution is 5.93. The van der Waals surface area contributed by atoms with E-state index in [1.807, 2.05) is 13.8 Å². The lowest BCUT2D eigenvalue weighted by Gasteiger charge is -2.28. The zero-order valence-corrected chi connectivity index (χ0v) is 32.3. The first-order valence-corrected chi connectivity index (χ1v) is 17.9. The van der Waals surface area contributed by atoms with Crippen LogP contribution >= 0.6 is 12.4 Å². The second kappa shape index (κ2) is 19.5. The molecule has 0 radical (unpaired) electrons. The molecule has 0 aliphatic carbocycles. The number of aliphatic hydroxyl groups excluding tert-OH is 1. The van der Waals surface area contributed by atoms with E-state index >= 15 is 0 Å². The fraction of sp³-hybridized carbons (Fsp3) is 0.282. The van der Waals surface area contributed by atoms with Gasteiger partial charge in [-0.2, -0.15) is 0 Å². The fourth-order valence-electron chi connectivity index (χ4n) is 6.15. The first-order chi connectivity index (χ1) is 27.5. The summed E-state index contributed by atoms with van der Waals surface area (Å²) in [7, 11) is 0. The van der Waals surface area contributed by atoms with Gasteiger partial charge in [0.2, 0.25) is 29.2 Å². The highest BCUT2D eigenvalue weighted by Crippen LogP contribution is 2.45. The molecule has 6 rings (SSSR count). The Morgan fingerprint density at radius 2 is 1.63 bits per heavy atom. The normalized spacial score (nSPS) is 17.6. The monoisotopic (exact) mass is 836 g/mol. The number of aliphatic hydroxyl groups is 1. The molecule has 0 fully saturated rings. The van der Waals surface area contributed by atoms with E-state index in [4.69, 9.17) is 15.2 Å². The Balaban J connectivity index is 0.00000769. The Morgan fingerprint density at radius 1 is 0.949 bits per heavy atom. The zero-order chi connectivity index (χ0) is 42.3. The lowest BCUT2D eigenvalue weighted by atomic mass is 9.97. The number of nitro groups is 2. The number of nitrogens with zero attached hydrogens (tertiary/aromatic N) is 2. The van der Waals surface area contributed by atoms with Gasteiger partial charge in [-0.3, -0.25) is 34.6 Å². The molecule has 2 heterocycles. The summed E-state index contributed by atoms with van der Waals surface area (Å²) in [5, 5.41) is 63.7. The molecule has 0 spiro atoms. The molecule has 0 unspecified atom stereocenters. The Bertz CT molecular complexity index is 2210. The van der Waals surface area contributed by atoms with Crippen molar-refractivity contribution in [3.63, 3.8) is 0 Å². The second-order valence-corrected chi connectivity index (χ2v) is 13.9. The van der Waals surface area contributed by atoms with Crippen LogP contribution in [0.4, 0.5) is 11.4 Å². The minimum absolute atomic E-state index is 0. The van der Waals surface area contributed by atoms with Crippen molar-refractivity contribution in [1.29, 1.82) is 0 Å². The molecule has 312 valence electrons. The third-order valence-corrected chi connectivity index (χ3v) is 9.05. The largest absolute Gasteiger partial charge is 0.502 e. The maximum atomic E-state index is 14.2. The second-order valence-electron chi connectivity index (χ2n) is 13.9. The quantitative estimate of drug-likeness (QED) is 0.0785. The van der Waals surface area contributed by atoms with Gasteiger partial charge in [-0.15, -0.1) is 12.4 Å². The molecule has 2 aliphatic rings. The molecule has 5 atom stereocenters. The third kappa shape index (κ3) is 11.4. The number of hydrogen-bond donors (Lipinski definition) is 7. The van der Waals surface area contributed by atoms with Crippen LogP contribution in [0.25, 0.3) is 0 Å². The predicted molar refractivity (Wildman–Crippen MR) is 211 cm³/mol. The summed E-state index contributed by atoms with van der Waals surface area (Å²) < 4.78 is 11.6. The summed E-state index contributed by atoms with van der Waals surface area (Å²) >= 11 is 0. The van der Waals surface area contributed by atoms with E-state index in [0.29, 0.717) is 5.56 Å². The molecule has 8 N–H and O–H groups in total. The Hall–Kier alpha value is -6.83. The number of halogens is 1. The van der Waals surface area contributed by atoms with Crippen LogP contribution in [-0.4, -0.2) is 73.1 Å². The van der Waals surface area contributed by atoms with Gasteiger partial charge in [0.15, 0.2) is 17.6 Å². The molecule has 0 saturated carbocycles. The lowest BCUT2D eigenvalue weighted by Crippen LogP contribution is -2.57. The SMILES string of the molecule is CC(C)C[C@@H](N)C(=O)N[C@@H]1Cc2ccc(c([N+](=O)[O-])c2)Oc2cc(cc(Oc3ccc([N+](=O)[O-])cc3)c2O)[C@H]([C@@H](O)C(=O)O)NC(=O)[C@H](Cc2ccccc2)NC1=O.Cl. The van der Waals surface area contributed by atoms with Crippen molar-refractivity contribution in [3.8, 4) is 28.7 Å². The van der Waals surface area contributed by atoms with Gasteiger partial charge < -0.3 is 46.5 Å². The van der Waals surface area contributed by atoms with Crippen molar-refractivity contribution >= 4 is 47.5 Å². The number of fused-ring (bicyclic) bond motifs is 9. The molecule has 4 aromatic rings. The number of ether oxygens (including phenoxy) is 2. The zero-order valence-electron chi connectivity index (χ0n) is 31.5. The molecule has 59 heavy (non-hydrogen) atoms. The number of phenolic OH excluding ortho intramolecular Hbond substituents is 1. The van der Waals surface area contributed by atoms with Crippen molar-refractivity contribution in [1.82, 2.24) is 16.0 Å². The number of nitrogens with one attached hydrogen (secondary N) is 3. The fourth-order valence-corrected chi connectivity index (χ4v) is 6.15. The Kier molecular flexibility index (Phi) is 14.9. The predicted octanol–water partition coefficient (Wildman–Crippen LogP) is 3.96. The van der Waals surface area contributed by atoms with E-state index in [1.54, 1.807) is 30.3 Å². The highest BCUT2D eigenvalue weighted by atomic mass is 35.5. The summed E-state index contributed by atoms with van der Waals surface area (Å²) in [5.74, 6) is -6.66. The standard InChI is InChI=1S/C39H40N6O13.ClH/c1-20(2)14-26(40)36(48)41-28-16-22-8-13-30(29(17-22)45(55)56)58-32-19-23(18-31(34(32)46)57-25-11-9-24(10-12-25)44(53)54)33(35(47)39(51)52)43-38(50)27(42-37(28)49)15-21-6-4-3-5-7-21;/h3-13,17-20,26-28,33,35,46-47H,14-16,40H2,1-2H3,(H,41,48)(H,42,49)(H,43,50)(H,51,52);1H/t26-,27+,28-,33-,35-;/m1./s1. The number of carboxylic acids is 1. The number of phenols is 1. The third-order valence-electron chi connectivity index (χ3n) is 9.05. The van der Waals surface area contributed by atoms with Crippen LogP contribution in [0.5, 0.6) is 28.7 Å². The number of carbonyl (C=O) groups is 4. The molecular formula is C39H41ClN6O13. The number of hydrogen-bond acceptors (Lipinski definition) is 13. The van der Waals surface area contributed by atoms with E-state index in [0.717, 1.165) is 30.3 Å². The average molecular weight is 837 g/mol. The van der Waals surface area contributed by atoms with Crippen LogP contribution in [-0.2, 0) is 32.0 Å². The number of aliphatic carboxylic acids is 1. The van der Waals surface area contributed by atoms with Crippen molar-refractivity contribution in [3.05, 3.63) is 122 Å². The number of nitro benzene ring substituents is 2. The van der Waals surface area contributed by atoms with E-state index in [1.165, 1.54) is 24.3 Å². The van der Waals surface area contributed by atoms with Gasteiger partial charge in [-0.05, 0) is 59.4 Å². The van der Waals surface area contributed by atoms with Gasteiger partial charge in [-0.25, -0.2) is 4.79 Å². The number of nitrogens with two attached hydrogens (primary N) is 1. The van der Waals surface area contributed by atoms with E-state index in [2.05, 4.69) is 16.0 Å². The molecular weight excluding hydrogens is 796 g/mol. The molecule has 19 nitrogen and oxygen atoms in total. The van der Waals surface area contributed by atoms with Gasteiger partial charge in [-0.1, -0.05) is 50.2 Å².